The maximum Gasteiger partial charge on any atom is 0.255 e. The van der Waals surface area contributed by atoms with Crippen LogP contribution < -0.4 is 11.1 Å². The molecular formula is C18H16N2O. The Balaban J connectivity index is 1.82. The summed E-state index contributed by atoms with van der Waals surface area (Å²) in [6, 6.07) is 21.2. The molecule has 0 spiro atoms. The van der Waals surface area contributed by atoms with Crippen LogP contribution in [0.15, 0.2) is 66.7 Å². The highest BCUT2D eigenvalue weighted by Crippen LogP contribution is 2.17. The lowest BCUT2D eigenvalue weighted by Crippen LogP contribution is -2.11. The van der Waals surface area contributed by atoms with Crippen molar-refractivity contribution in [2.24, 2.45) is 5.73 Å². The Labute approximate surface area is 123 Å². The fourth-order valence-electron chi connectivity index (χ4n) is 2.26. The van der Waals surface area contributed by atoms with E-state index in [0.717, 1.165) is 22.0 Å². The maximum atomic E-state index is 12.3. The molecule has 0 atom stereocenters. The molecule has 0 fully saturated rings. The zero-order chi connectivity index (χ0) is 14.7. The first-order chi connectivity index (χ1) is 10.3. The molecule has 3 nitrogen and oxygen atoms in total. The van der Waals surface area contributed by atoms with Gasteiger partial charge in [0.2, 0.25) is 0 Å². The number of hydrogen-bond acceptors (Lipinski definition) is 2. The van der Waals surface area contributed by atoms with Crippen molar-refractivity contribution in [1.29, 1.82) is 0 Å². The van der Waals surface area contributed by atoms with Crippen LogP contribution in [0, 0.1) is 0 Å². The second kappa shape index (κ2) is 5.77. The minimum atomic E-state index is -0.110. The molecule has 0 radical (unpaired) electrons. The summed E-state index contributed by atoms with van der Waals surface area (Å²) >= 11 is 0. The molecule has 3 heteroatoms. The Bertz CT molecular complexity index is 779. The minimum Gasteiger partial charge on any atom is -0.326 e. The third-order valence-electron chi connectivity index (χ3n) is 3.46. The molecule has 1 amide bonds. The van der Waals surface area contributed by atoms with Gasteiger partial charge >= 0.3 is 0 Å². The van der Waals surface area contributed by atoms with E-state index in [9.17, 15) is 4.79 Å². The highest BCUT2D eigenvalue weighted by Gasteiger charge is 2.06. The molecule has 3 aromatic carbocycles. The number of anilines is 1. The maximum absolute atomic E-state index is 12.3. The van der Waals surface area contributed by atoms with Gasteiger partial charge in [0, 0.05) is 17.8 Å². The third-order valence-corrected chi connectivity index (χ3v) is 3.46. The smallest absolute Gasteiger partial charge is 0.255 e. The number of rotatable bonds is 3. The van der Waals surface area contributed by atoms with Gasteiger partial charge in [0.1, 0.15) is 0 Å². The molecule has 104 valence electrons. The summed E-state index contributed by atoms with van der Waals surface area (Å²) in [7, 11) is 0. The van der Waals surface area contributed by atoms with Crippen LogP contribution in [-0.2, 0) is 6.54 Å². The highest BCUT2D eigenvalue weighted by molar-refractivity contribution is 6.06. The summed E-state index contributed by atoms with van der Waals surface area (Å²) in [6.45, 7) is 0.499. The first kappa shape index (κ1) is 13.3. The molecule has 0 heterocycles. The van der Waals surface area contributed by atoms with Gasteiger partial charge in [0.05, 0.1) is 0 Å². The zero-order valence-electron chi connectivity index (χ0n) is 11.5. The van der Waals surface area contributed by atoms with Gasteiger partial charge in [0.25, 0.3) is 5.91 Å². The lowest BCUT2D eigenvalue weighted by molar-refractivity contribution is 0.102. The highest BCUT2D eigenvalue weighted by atomic mass is 16.1. The van der Waals surface area contributed by atoms with E-state index in [4.69, 9.17) is 5.73 Å². The first-order valence-corrected chi connectivity index (χ1v) is 6.85. The predicted molar refractivity (Wildman–Crippen MR) is 86.2 cm³/mol. The molecule has 0 aliphatic carbocycles. The van der Waals surface area contributed by atoms with Crippen LogP contribution in [0.4, 0.5) is 5.69 Å². The summed E-state index contributed by atoms with van der Waals surface area (Å²) in [6.07, 6.45) is 0. The molecule has 0 saturated heterocycles. The van der Waals surface area contributed by atoms with E-state index in [1.807, 2.05) is 66.7 Å². The van der Waals surface area contributed by atoms with E-state index in [1.54, 1.807) is 0 Å². The van der Waals surface area contributed by atoms with Gasteiger partial charge in [-0.1, -0.05) is 42.5 Å². The third kappa shape index (κ3) is 2.93. The van der Waals surface area contributed by atoms with E-state index in [1.165, 1.54) is 0 Å². The van der Waals surface area contributed by atoms with Gasteiger partial charge in [-0.25, -0.2) is 0 Å². The van der Waals surface area contributed by atoms with Crippen LogP contribution >= 0.6 is 0 Å². The average molecular weight is 276 g/mol. The predicted octanol–water partition coefficient (Wildman–Crippen LogP) is 3.55. The number of amides is 1. The van der Waals surface area contributed by atoms with Gasteiger partial charge in [-0.3, -0.25) is 4.79 Å². The molecule has 0 aromatic heterocycles. The summed E-state index contributed by atoms with van der Waals surface area (Å²) in [4.78, 5) is 12.3. The van der Waals surface area contributed by atoms with Gasteiger partial charge < -0.3 is 11.1 Å². The van der Waals surface area contributed by atoms with Crippen molar-refractivity contribution in [3.05, 3.63) is 77.9 Å². The standard InChI is InChI=1S/C18H16N2O/c19-12-13-5-9-17(10-6-13)20-18(21)16-8-7-14-3-1-2-4-15(14)11-16/h1-11H,12,19H2,(H,20,21). The summed E-state index contributed by atoms with van der Waals surface area (Å²) in [5.74, 6) is -0.110. The molecule has 0 aliphatic rings. The Morgan fingerprint density at radius 3 is 2.33 bits per heavy atom. The lowest BCUT2D eigenvalue weighted by atomic mass is 10.1. The Morgan fingerprint density at radius 2 is 1.62 bits per heavy atom. The van der Waals surface area contributed by atoms with E-state index in [0.29, 0.717) is 12.1 Å². The fourth-order valence-corrected chi connectivity index (χ4v) is 2.26. The van der Waals surface area contributed by atoms with Crippen LogP contribution in [-0.4, -0.2) is 5.91 Å². The van der Waals surface area contributed by atoms with Gasteiger partial charge in [0.15, 0.2) is 0 Å². The van der Waals surface area contributed by atoms with Crippen LogP contribution in [0.2, 0.25) is 0 Å². The quantitative estimate of drug-likeness (QED) is 0.768. The van der Waals surface area contributed by atoms with Crippen LogP contribution in [0.25, 0.3) is 10.8 Å². The van der Waals surface area contributed by atoms with Crippen molar-refractivity contribution < 1.29 is 4.79 Å². The lowest BCUT2D eigenvalue weighted by Gasteiger charge is -2.07. The van der Waals surface area contributed by atoms with E-state index >= 15 is 0 Å². The fraction of sp³-hybridized carbons (Fsp3) is 0.0556. The number of benzene rings is 3. The Kier molecular flexibility index (Phi) is 3.67. The van der Waals surface area contributed by atoms with E-state index < -0.39 is 0 Å². The van der Waals surface area contributed by atoms with Crippen LogP contribution in [0.5, 0.6) is 0 Å². The number of carbonyl (C=O) groups excluding carboxylic acids is 1. The number of nitrogens with one attached hydrogen (secondary N) is 1. The summed E-state index contributed by atoms with van der Waals surface area (Å²) in [5.41, 5.74) is 8.02. The van der Waals surface area contributed by atoms with Gasteiger partial charge in [-0.2, -0.15) is 0 Å². The summed E-state index contributed by atoms with van der Waals surface area (Å²) in [5, 5.41) is 5.08. The van der Waals surface area contributed by atoms with E-state index in [2.05, 4.69) is 5.32 Å². The monoisotopic (exact) mass is 276 g/mol. The van der Waals surface area contributed by atoms with Gasteiger partial charge in [-0.15, -0.1) is 0 Å². The zero-order valence-corrected chi connectivity index (χ0v) is 11.5. The Hall–Kier alpha value is -2.65. The minimum absolute atomic E-state index is 0.110. The molecule has 0 unspecified atom stereocenters. The van der Waals surface area contributed by atoms with Crippen molar-refractivity contribution in [2.75, 3.05) is 5.32 Å². The normalized spacial score (nSPS) is 10.5. The molecule has 0 bridgehead atoms. The summed E-state index contributed by atoms with van der Waals surface area (Å²) < 4.78 is 0. The number of carbonyl (C=O) groups is 1. The van der Waals surface area contributed by atoms with Crippen molar-refractivity contribution in [1.82, 2.24) is 0 Å². The topological polar surface area (TPSA) is 55.1 Å². The Morgan fingerprint density at radius 1 is 0.905 bits per heavy atom. The van der Waals surface area contributed by atoms with Crippen molar-refractivity contribution >= 4 is 22.4 Å². The van der Waals surface area contributed by atoms with Crippen molar-refractivity contribution in [2.45, 2.75) is 6.54 Å². The molecule has 3 N–H and O–H groups in total. The second-order valence-corrected chi connectivity index (χ2v) is 4.92. The number of hydrogen-bond donors (Lipinski definition) is 2. The molecule has 3 rings (SSSR count). The number of fused-ring (bicyclic) bond motifs is 1. The van der Waals surface area contributed by atoms with Gasteiger partial charge in [-0.05, 0) is 40.6 Å². The van der Waals surface area contributed by atoms with Crippen molar-refractivity contribution in [3.8, 4) is 0 Å². The van der Waals surface area contributed by atoms with E-state index in [-0.39, 0.29) is 5.91 Å². The van der Waals surface area contributed by atoms with Crippen LogP contribution in [0.1, 0.15) is 15.9 Å². The SMILES string of the molecule is NCc1ccc(NC(=O)c2ccc3ccccc3c2)cc1. The first-order valence-electron chi connectivity index (χ1n) is 6.85. The van der Waals surface area contributed by atoms with Crippen molar-refractivity contribution in [3.63, 3.8) is 0 Å². The largest absolute Gasteiger partial charge is 0.326 e. The molecule has 0 aliphatic heterocycles. The molecule has 3 aromatic rings. The number of nitrogens with two attached hydrogens (primary N) is 1. The second-order valence-electron chi connectivity index (χ2n) is 4.92. The average Bonchev–Trinajstić information content (AvgIpc) is 2.55. The molecule has 21 heavy (non-hydrogen) atoms. The molecule has 0 saturated carbocycles. The molecular weight excluding hydrogens is 260 g/mol. The van der Waals surface area contributed by atoms with Crippen LogP contribution in [0.3, 0.4) is 0 Å².